The lowest BCUT2D eigenvalue weighted by Gasteiger charge is -2.36. The van der Waals surface area contributed by atoms with Crippen LogP contribution in [0, 0.1) is 0 Å². The molecule has 0 aromatic rings. The molecule has 0 spiro atoms. The second-order valence-corrected chi connectivity index (χ2v) is 6.98. The minimum atomic E-state index is -1.08. The quantitative estimate of drug-likeness (QED) is 0.422. The molecular weight excluding hydrogens is 308 g/mol. The fraction of sp³-hybridized carbons (Fsp3) is 1.00. The summed E-state index contributed by atoms with van der Waals surface area (Å²) in [5.74, 6) is 0. The van der Waals surface area contributed by atoms with Gasteiger partial charge in [0.25, 0.3) is 0 Å². The van der Waals surface area contributed by atoms with E-state index in [1.165, 1.54) is 57.8 Å². The minimum absolute atomic E-state index is 0.224. The van der Waals surface area contributed by atoms with E-state index in [-0.39, 0.29) is 13.2 Å². The van der Waals surface area contributed by atoms with E-state index in [4.69, 9.17) is 14.6 Å². The summed E-state index contributed by atoms with van der Waals surface area (Å²) in [4.78, 5) is 0. The third-order valence-electron chi connectivity index (χ3n) is 4.85. The molecule has 1 fully saturated rings. The van der Waals surface area contributed by atoms with Crippen molar-refractivity contribution in [2.75, 3.05) is 19.8 Å². The number of ether oxygens (including phenoxy) is 2. The topological polar surface area (TPSA) is 79.2 Å². The molecule has 0 aliphatic carbocycles. The number of aliphatic hydroxyl groups is 3. The lowest BCUT2D eigenvalue weighted by atomic mass is 10.0. The van der Waals surface area contributed by atoms with Crippen LogP contribution in [0.4, 0.5) is 0 Å². The Morgan fingerprint density at radius 3 is 1.92 bits per heavy atom. The maximum absolute atomic E-state index is 9.95. The number of rotatable bonds is 14. The number of aliphatic hydroxyl groups excluding tert-OH is 3. The molecule has 0 aromatic carbocycles. The third-order valence-corrected chi connectivity index (χ3v) is 4.85. The van der Waals surface area contributed by atoms with E-state index >= 15 is 0 Å². The van der Waals surface area contributed by atoms with Gasteiger partial charge >= 0.3 is 0 Å². The second kappa shape index (κ2) is 14.0. The first-order chi connectivity index (χ1) is 11.7. The van der Waals surface area contributed by atoms with Gasteiger partial charge in [0.2, 0.25) is 0 Å². The summed E-state index contributed by atoms with van der Waals surface area (Å²) in [6.45, 7) is 2.77. The smallest absolute Gasteiger partial charge is 0.111 e. The van der Waals surface area contributed by atoms with Gasteiger partial charge in [-0.25, -0.2) is 0 Å². The van der Waals surface area contributed by atoms with Crippen molar-refractivity contribution in [3.63, 3.8) is 0 Å². The van der Waals surface area contributed by atoms with Crippen molar-refractivity contribution in [2.45, 2.75) is 102 Å². The number of unbranched alkanes of at least 4 members (excludes halogenated alkanes) is 10. The van der Waals surface area contributed by atoms with Gasteiger partial charge in [-0.1, -0.05) is 71.1 Å². The lowest BCUT2D eigenvalue weighted by molar-refractivity contribution is -0.208. The van der Waals surface area contributed by atoms with Crippen molar-refractivity contribution in [2.24, 2.45) is 0 Å². The number of hydrogen-bond acceptors (Lipinski definition) is 5. The van der Waals surface area contributed by atoms with Crippen molar-refractivity contribution in [1.29, 1.82) is 0 Å². The van der Waals surface area contributed by atoms with Gasteiger partial charge in [-0.15, -0.1) is 0 Å². The second-order valence-electron chi connectivity index (χ2n) is 6.98. The summed E-state index contributed by atoms with van der Waals surface area (Å²) in [7, 11) is 0. The Hall–Kier alpha value is -0.200. The Morgan fingerprint density at radius 1 is 0.833 bits per heavy atom. The molecule has 144 valence electrons. The zero-order valence-electron chi connectivity index (χ0n) is 15.4. The van der Waals surface area contributed by atoms with E-state index in [0.717, 1.165) is 12.8 Å². The van der Waals surface area contributed by atoms with E-state index in [2.05, 4.69) is 6.92 Å². The van der Waals surface area contributed by atoms with Crippen LogP contribution in [-0.4, -0.2) is 59.6 Å². The summed E-state index contributed by atoms with van der Waals surface area (Å²) in [6, 6.07) is 0. The van der Waals surface area contributed by atoms with Gasteiger partial charge in [0.1, 0.15) is 24.4 Å². The summed E-state index contributed by atoms with van der Waals surface area (Å²) >= 11 is 0. The summed E-state index contributed by atoms with van der Waals surface area (Å²) in [6.07, 6.45) is 10.9. The zero-order chi connectivity index (χ0) is 17.6. The molecule has 5 heteroatoms. The summed E-state index contributed by atoms with van der Waals surface area (Å²) in [5, 5.41) is 28.8. The Balaban J connectivity index is 1.90. The molecule has 0 bridgehead atoms. The Morgan fingerprint density at radius 2 is 1.38 bits per heavy atom. The molecular formula is C19H38O5. The van der Waals surface area contributed by atoms with E-state index in [0.29, 0.717) is 6.61 Å². The van der Waals surface area contributed by atoms with Crippen molar-refractivity contribution in [3.05, 3.63) is 0 Å². The van der Waals surface area contributed by atoms with Crippen molar-refractivity contribution in [3.8, 4) is 0 Å². The van der Waals surface area contributed by atoms with Crippen LogP contribution in [0.5, 0.6) is 0 Å². The predicted octanol–water partition coefficient (Wildman–Crippen LogP) is 2.80. The first kappa shape index (κ1) is 21.8. The van der Waals surface area contributed by atoms with Crippen LogP contribution in [0.25, 0.3) is 0 Å². The molecule has 0 saturated carbocycles. The molecule has 5 nitrogen and oxygen atoms in total. The SMILES string of the molecule is CCCCCCCCCCCCCO[C@H]1CO[C@H](CO)[C@@H](O)[C@@H]1O. The van der Waals surface area contributed by atoms with Gasteiger partial charge in [0, 0.05) is 6.61 Å². The van der Waals surface area contributed by atoms with Crippen LogP contribution in [-0.2, 0) is 9.47 Å². The van der Waals surface area contributed by atoms with Crippen LogP contribution in [0.1, 0.15) is 77.6 Å². The van der Waals surface area contributed by atoms with E-state index in [9.17, 15) is 10.2 Å². The normalized spacial score (nSPS) is 27.5. The highest BCUT2D eigenvalue weighted by Gasteiger charge is 2.38. The standard InChI is InChI=1S/C19H38O5/c1-2-3-4-5-6-7-8-9-10-11-12-13-23-17-15-24-16(14-20)18(21)19(17)22/h16-22H,2-15H2,1H3/t16-,17+,18-,19-/m1/s1. The number of hydrogen-bond donors (Lipinski definition) is 3. The van der Waals surface area contributed by atoms with E-state index in [1.54, 1.807) is 0 Å². The van der Waals surface area contributed by atoms with Gasteiger partial charge < -0.3 is 24.8 Å². The maximum Gasteiger partial charge on any atom is 0.111 e. The van der Waals surface area contributed by atoms with Crippen molar-refractivity contribution in [1.82, 2.24) is 0 Å². The maximum atomic E-state index is 9.95. The average Bonchev–Trinajstić information content (AvgIpc) is 2.59. The monoisotopic (exact) mass is 346 g/mol. The van der Waals surface area contributed by atoms with Gasteiger partial charge in [0.05, 0.1) is 13.2 Å². The van der Waals surface area contributed by atoms with Crippen LogP contribution >= 0.6 is 0 Å². The van der Waals surface area contributed by atoms with Crippen LogP contribution in [0.2, 0.25) is 0 Å². The fourth-order valence-electron chi connectivity index (χ4n) is 3.16. The summed E-state index contributed by atoms with van der Waals surface area (Å²) < 4.78 is 10.9. The average molecular weight is 347 g/mol. The van der Waals surface area contributed by atoms with Crippen molar-refractivity contribution >= 4 is 0 Å². The molecule has 0 amide bonds. The van der Waals surface area contributed by atoms with Gasteiger partial charge in [0.15, 0.2) is 0 Å². The van der Waals surface area contributed by atoms with Gasteiger partial charge in [-0.05, 0) is 6.42 Å². The minimum Gasteiger partial charge on any atom is -0.394 e. The molecule has 4 atom stereocenters. The van der Waals surface area contributed by atoms with Crippen LogP contribution < -0.4 is 0 Å². The van der Waals surface area contributed by atoms with Gasteiger partial charge in [-0.2, -0.15) is 0 Å². The highest BCUT2D eigenvalue weighted by molar-refractivity contribution is 4.87. The molecule has 3 N–H and O–H groups in total. The van der Waals surface area contributed by atoms with Crippen LogP contribution in [0.3, 0.4) is 0 Å². The third kappa shape index (κ3) is 8.77. The molecule has 1 saturated heterocycles. The van der Waals surface area contributed by atoms with Crippen molar-refractivity contribution < 1.29 is 24.8 Å². The molecule has 24 heavy (non-hydrogen) atoms. The highest BCUT2D eigenvalue weighted by atomic mass is 16.6. The molecule has 1 aliphatic heterocycles. The molecule has 0 unspecified atom stereocenters. The highest BCUT2D eigenvalue weighted by Crippen LogP contribution is 2.18. The lowest BCUT2D eigenvalue weighted by Crippen LogP contribution is -2.55. The van der Waals surface area contributed by atoms with Gasteiger partial charge in [-0.3, -0.25) is 0 Å². The zero-order valence-corrected chi connectivity index (χ0v) is 15.4. The fourth-order valence-corrected chi connectivity index (χ4v) is 3.16. The predicted molar refractivity (Wildman–Crippen MR) is 95.0 cm³/mol. The Kier molecular flexibility index (Phi) is 12.8. The largest absolute Gasteiger partial charge is 0.394 e. The molecule has 1 aliphatic rings. The molecule has 1 heterocycles. The molecule has 1 rings (SSSR count). The summed E-state index contributed by atoms with van der Waals surface area (Å²) in [5.41, 5.74) is 0. The van der Waals surface area contributed by atoms with E-state index < -0.39 is 24.4 Å². The van der Waals surface area contributed by atoms with Crippen LogP contribution in [0.15, 0.2) is 0 Å². The first-order valence-electron chi connectivity index (χ1n) is 9.90. The Bertz CT molecular complexity index is 287. The van der Waals surface area contributed by atoms with E-state index in [1.807, 2.05) is 0 Å². The first-order valence-corrected chi connectivity index (χ1v) is 9.90. The molecule has 0 radical (unpaired) electrons. The Labute approximate surface area is 147 Å². The molecule has 0 aromatic heterocycles.